The summed E-state index contributed by atoms with van der Waals surface area (Å²) in [6.07, 6.45) is 3.27. The minimum Gasteiger partial charge on any atom is -0.378 e. The quantitative estimate of drug-likeness (QED) is 0.883. The average molecular weight is 353 g/mol. The molecule has 1 aromatic carbocycles. The monoisotopic (exact) mass is 353 g/mol. The van der Waals surface area contributed by atoms with Gasteiger partial charge in [0.05, 0.1) is 31.1 Å². The molecule has 8 heteroatoms. The molecular formula is C16H20FN3O3S. The number of aromatic nitrogens is 2. The van der Waals surface area contributed by atoms with Crippen molar-refractivity contribution in [1.29, 1.82) is 0 Å². The van der Waals surface area contributed by atoms with Gasteiger partial charge < -0.3 is 4.74 Å². The van der Waals surface area contributed by atoms with Crippen molar-refractivity contribution in [2.24, 2.45) is 0 Å². The number of nitrogens with one attached hydrogen (secondary N) is 1. The first kappa shape index (κ1) is 17.1. The SMILES string of the molecule is CS(=O)(=O)c1cn[nH]c1[C@@H]1COCCN1CCc1ccc(F)cc1. The maximum atomic E-state index is 13.0. The van der Waals surface area contributed by atoms with E-state index in [2.05, 4.69) is 15.1 Å². The Bertz CT molecular complexity index is 789. The molecule has 0 saturated carbocycles. The van der Waals surface area contributed by atoms with Gasteiger partial charge in [0.1, 0.15) is 10.7 Å². The molecule has 130 valence electrons. The number of H-pyrrole nitrogens is 1. The zero-order valence-electron chi connectivity index (χ0n) is 13.4. The summed E-state index contributed by atoms with van der Waals surface area (Å²) in [5, 5.41) is 6.72. The maximum absolute atomic E-state index is 13.0. The van der Waals surface area contributed by atoms with Gasteiger partial charge in [0.25, 0.3) is 0 Å². The topological polar surface area (TPSA) is 75.3 Å². The standard InChI is InChI=1S/C16H20FN3O3S/c1-24(21,22)15-10-18-19-16(15)14-11-23-9-8-20(14)7-6-12-2-4-13(17)5-3-12/h2-5,10,14H,6-9,11H2,1H3,(H,18,19)/t14-/m0/s1. The van der Waals surface area contributed by atoms with Crippen LogP contribution >= 0.6 is 0 Å². The molecule has 1 N–H and O–H groups in total. The van der Waals surface area contributed by atoms with E-state index in [4.69, 9.17) is 4.74 Å². The number of rotatable bonds is 5. The first-order valence-corrected chi connectivity index (χ1v) is 9.64. The Balaban J connectivity index is 1.76. The molecule has 0 spiro atoms. The van der Waals surface area contributed by atoms with Crippen molar-refractivity contribution in [2.45, 2.75) is 17.4 Å². The Morgan fingerprint density at radius 3 is 2.83 bits per heavy atom. The van der Waals surface area contributed by atoms with Crippen LogP contribution < -0.4 is 0 Å². The van der Waals surface area contributed by atoms with E-state index < -0.39 is 9.84 Å². The van der Waals surface area contributed by atoms with Gasteiger partial charge in [0.2, 0.25) is 0 Å². The summed E-state index contributed by atoms with van der Waals surface area (Å²) in [5.41, 5.74) is 1.60. The third kappa shape index (κ3) is 3.82. The lowest BCUT2D eigenvalue weighted by molar-refractivity contribution is -0.0104. The summed E-state index contributed by atoms with van der Waals surface area (Å²) >= 11 is 0. The Morgan fingerprint density at radius 2 is 2.12 bits per heavy atom. The highest BCUT2D eigenvalue weighted by molar-refractivity contribution is 7.90. The lowest BCUT2D eigenvalue weighted by Gasteiger charge is -2.35. The lowest BCUT2D eigenvalue weighted by Crippen LogP contribution is -2.41. The first-order chi connectivity index (χ1) is 11.4. The van der Waals surface area contributed by atoms with E-state index >= 15 is 0 Å². The fourth-order valence-electron chi connectivity index (χ4n) is 2.91. The highest BCUT2D eigenvalue weighted by Gasteiger charge is 2.30. The van der Waals surface area contributed by atoms with Gasteiger partial charge in [-0.2, -0.15) is 5.10 Å². The summed E-state index contributed by atoms with van der Waals surface area (Å²) in [6.45, 7) is 2.44. The second-order valence-electron chi connectivity index (χ2n) is 5.92. The highest BCUT2D eigenvalue weighted by Crippen LogP contribution is 2.27. The minimum absolute atomic E-state index is 0.188. The largest absolute Gasteiger partial charge is 0.378 e. The van der Waals surface area contributed by atoms with Crippen molar-refractivity contribution >= 4 is 9.84 Å². The smallest absolute Gasteiger partial charge is 0.178 e. The number of hydrogen-bond acceptors (Lipinski definition) is 5. The Kier molecular flexibility index (Phi) is 4.98. The number of hydrogen-bond donors (Lipinski definition) is 1. The summed E-state index contributed by atoms with van der Waals surface area (Å²) in [4.78, 5) is 2.39. The van der Waals surface area contributed by atoms with Crippen molar-refractivity contribution in [2.75, 3.05) is 32.6 Å². The van der Waals surface area contributed by atoms with E-state index in [1.54, 1.807) is 12.1 Å². The second kappa shape index (κ2) is 7.00. The van der Waals surface area contributed by atoms with Crippen molar-refractivity contribution in [3.8, 4) is 0 Å². The molecule has 6 nitrogen and oxygen atoms in total. The van der Waals surface area contributed by atoms with Crippen molar-refractivity contribution in [1.82, 2.24) is 15.1 Å². The molecule has 24 heavy (non-hydrogen) atoms. The predicted octanol–water partition coefficient (Wildman–Crippen LogP) is 1.57. The molecule has 1 saturated heterocycles. The van der Waals surface area contributed by atoms with Crippen molar-refractivity contribution in [3.63, 3.8) is 0 Å². The summed E-state index contributed by atoms with van der Waals surface area (Å²) in [6, 6.07) is 6.24. The van der Waals surface area contributed by atoms with E-state index in [0.29, 0.717) is 25.5 Å². The molecule has 1 aliphatic heterocycles. The van der Waals surface area contributed by atoms with E-state index in [1.165, 1.54) is 24.6 Å². The van der Waals surface area contributed by atoms with Crippen LogP contribution in [0.1, 0.15) is 17.3 Å². The molecule has 1 atom stereocenters. The molecule has 2 aromatic rings. The van der Waals surface area contributed by atoms with Crippen LogP contribution in [0.2, 0.25) is 0 Å². The fourth-order valence-corrected chi connectivity index (χ4v) is 3.74. The zero-order valence-corrected chi connectivity index (χ0v) is 14.2. The number of ether oxygens (including phenoxy) is 1. The average Bonchev–Trinajstić information content (AvgIpc) is 3.04. The minimum atomic E-state index is -3.35. The van der Waals surface area contributed by atoms with Gasteiger partial charge in [-0.15, -0.1) is 0 Å². The van der Waals surface area contributed by atoms with Crippen LogP contribution in [-0.2, 0) is 21.0 Å². The van der Waals surface area contributed by atoms with E-state index in [0.717, 1.165) is 18.5 Å². The fraction of sp³-hybridized carbons (Fsp3) is 0.438. The number of nitrogens with zero attached hydrogens (tertiary/aromatic N) is 2. The molecule has 1 aliphatic rings. The van der Waals surface area contributed by atoms with Gasteiger partial charge in [-0.05, 0) is 24.1 Å². The van der Waals surface area contributed by atoms with Crippen LogP contribution in [0.15, 0.2) is 35.4 Å². The number of benzene rings is 1. The van der Waals surface area contributed by atoms with Crippen LogP contribution in [-0.4, -0.2) is 56.1 Å². The summed E-state index contributed by atoms with van der Waals surface area (Å²) < 4.78 is 42.4. The van der Waals surface area contributed by atoms with Crippen LogP contribution in [0.5, 0.6) is 0 Å². The summed E-state index contributed by atoms with van der Waals surface area (Å²) in [5.74, 6) is -0.252. The second-order valence-corrected chi connectivity index (χ2v) is 7.91. The predicted molar refractivity (Wildman–Crippen MR) is 86.9 cm³/mol. The molecule has 1 aromatic heterocycles. The van der Waals surface area contributed by atoms with Gasteiger partial charge in [-0.25, -0.2) is 12.8 Å². The van der Waals surface area contributed by atoms with Crippen LogP contribution in [0.3, 0.4) is 0 Å². The normalized spacial score (nSPS) is 19.5. The molecule has 0 radical (unpaired) electrons. The molecule has 0 aliphatic carbocycles. The molecule has 1 fully saturated rings. The third-order valence-electron chi connectivity index (χ3n) is 4.21. The van der Waals surface area contributed by atoms with Crippen LogP contribution in [0.25, 0.3) is 0 Å². The van der Waals surface area contributed by atoms with Gasteiger partial charge in [0, 0.05) is 19.3 Å². The lowest BCUT2D eigenvalue weighted by atomic mass is 10.1. The Labute approximate surface area is 140 Å². The number of aromatic amines is 1. The third-order valence-corrected chi connectivity index (χ3v) is 5.33. The van der Waals surface area contributed by atoms with Crippen LogP contribution in [0, 0.1) is 5.82 Å². The Hall–Kier alpha value is -1.77. The highest BCUT2D eigenvalue weighted by atomic mass is 32.2. The number of morpholine rings is 1. The van der Waals surface area contributed by atoms with Gasteiger partial charge in [-0.3, -0.25) is 10.00 Å². The molecule has 0 bridgehead atoms. The van der Waals surface area contributed by atoms with Crippen LogP contribution in [0.4, 0.5) is 4.39 Å². The van der Waals surface area contributed by atoms with Crippen molar-refractivity contribution < 1.29 is 17.5 Å². The number of sulfone groups is 1. The first-order valence-electron chi connectivity index (χ1n) is 7.75. The van der Waals surface area contributed by atoms with E-state index in [9.17, 15) is 12.8 Å². The van der Waals surface area contributed by atoms with Gasteiger partial charge in [-0.1, -0.05) is 12.1 Å². The maximum Gasteiger partial charge on any atom is 0.178 e. The molecule has 0 amide bonds. The van der Waals surface area contributed by atoms with Gasteiger partial charge in [0.15, 0.2) is 9.84 Å². The van der Waals surface area contributed by atoms with Crippen molar-refractivity contribution in [3.05, 3.63) is 47.5 Å². The molecule has 3 rings (SSSR count). The van der Waals surface area contributed by atoms with E-state index in [-0.39, 0.29) is 16.8 Å². The van der Waals surface area contributed by atoms with Gasteiger partial charge >= 0.3 is 0 Å². The molecule has 2 heterocycles. The Morgan fingerprint density at radius 1 is 1.38 bits per heavy atom. The molecule has 0 unspecified atom stereocenters. The molecular weight excluding hydrogens is 333 g/mol. The summed E-state index contributed by atoms with van der Waals surface area (Å²) in [7, 11) is -3.35. The zero-order chi connectivity index (χ0) is 17.2. The van der Waals surface area contributed by atoms with E-state index in [1.807, 2.05) is 0 Å². The number of halogens is 1.